The van der Waals surface area contributed by atoms with Gasteiger partial charge in [-0.2, -0.15) is 0 Å². The van der Waals surface area contributed by atoms with Crippen molar-refractivity contribution in [1.82, 2.24) is 10.3 Å². The number of nitrogens with zero attached hydrogens (tertiary/aromatic N) is 1. The number of benzene rings is 1. The van der Waals surface area contributed by atoms with Gasteiger partial charge in [-0.1, -0.05) is 55.6 Å². The molecule has 0 radical (unpaired) electrons. The molecule has 4 rings (SSSR count). The van der Waals surface area contributed by atoms with Crippen LogP contribution in [0.1, 0.15) is 46.4 Å². The minimum absolute atomic E-state index is 0.860. The molecule has 1 aromatic heterocycles. The van der Waals surface area contributed by atoms with Gasteiger partial charge in [0, 0.05) is 21.6 Å². The van der Waals surface area contributed by atoms with Crippen LogP contribution in [0.25, 0.3) is 5.57 Å². The normalized spacial score (nSPS) is 17.1. The van der Waals surface area contributed by atoms with Gasteiger partial charge < -0.3 is 5.32 Å². The molecule has 1 fully saturated rings. The molecule has 0 bridgehead atoms. The lowest BCUT2D eigenvalue weighted by atomic mass is 9.88. The molecule has 1 aliphatic heterocycles. The van der Waals surface area contributed by atoms with Crippen molar-refractivity contribution >= 4 is 37.4 Å². The Hall–Kier alpha value is -0.970. The van der Waals surface area contributed by atoms with E-state index in [0.29, 0.717) is 0 Å². The number of hydrogen-bond acceptors (Lipinski definition) is 2. The molecule has 0 saturated carbocycles. The fraction of sp³-hybridized carbons (Fsp3) is 0.381. The van der Waals surface area contributed by atoms with Crippen LogP contribution in [0, 0.1) is 6.92 Å². The van der Waals surface area contributed by atoms with Crippen LogP contribution >= 0.6 is 31.9 Å². The summed E-state index contributed by atoms with van der Waals surface area (Å²) in [4.78, 5) is 4.93. The Labute approximate surface area is 166 Å². The maximum atomic E-state index is 4.93. The number of hydrogen-bond donors (Lipinski definition) is 1. The highest BCUT2D eigenvalue weighted by Gasteiger charge is 2.25. The van der Waals surface area contributed by atoms with Gasteiger partial charge in [-0.25, -0.2) is 0 Å². The van der Waals surface area contributed by atoms with E-state index in [9.17, 15) is 0 Å². The van der Waals surface area contributed by atoms with Crippen LogP contribution in [0.15, 0.2) is 34.4 Å². The van der Waals surface area contributed by atoms with Crippen molar-refractivity contribution < 1.29 is 0 Å². The maximum Gasteiger partial charge on any atom is 0.0739 e. The monoisotopic (exact) mass is 460 g/mol. The van der Waals surface area contributed by atoms with Crippen molar-refractivity contribution in [2.45, 2.75) is 37.9 Å². The van der Waals surface area contributed by atoms with E-state index in [2.05, 4.69) is 62.3 Å². The van der Waals surface area contributed by atoms with Crippen molar-refractivity contribution in [1.29, 1.82) is 0 Å². The van der Waals surface area contributed by atoms with E-state index in [1.54, 1.807) is 5.57 Å². The summed E-state index contributed by atoms with van der Waals surface area (Å²) in [5.41, 5.74) is 10.9. The van der Waals surface area contributed by atoms with Gasteiger partial charge in [-0.05, 0) is 73.5 Å². The SMILES string of the molecule is Cc1ccc2c(c1Br)CCc1cc(CBr)cnc1C2=C1CCNCC1. The number of rotatable bonds is 1. The molecule has 1 aliphatic carbocycles. The number of piperidine rings is 1. The molecule has 0 unspecified atom stereocenters. The van der Waals surface area contributed by atoms with Gasteiger partial charge in [0.15, 0.2) is 0 Å². The molecular formula is C21H22Br2N2. The van der Waals surface area contributed by atoms with Gasteiger partial charge in [0.05, 0.1) is 5.69 Å². The van der Waals surface area contributed by atoms with E-state index >= 15 is 0 Å². The predicted octanol–water partition coefficient (Wildman–Crippen LogP) is 5.33. The van der Waals surface area contributed by atoms with Gasteiger partial charge in [-0.3, -0.25) is 4.98 Å². The maximum absolute atomic E-state index is 4.93. The van der Waals surface area contributed by atoms with E-state index in [1.165, 1.54) is 43.6 Å². The fourth-order valence-electron chi connectivity index (χ4n) is 3.99. The van der Waals surface area contributed by atoms with Crippen molar-refractivity contribution in [2.75, 3.05) is 13.1 Å². The molecule has 2 heterocycles. The molecule has 1 aromatic carbocycles. The summed E-state index contributed by atoms with van der Waals surface area (Å²) in [6, 6.07) is 6.89. The van der Waals surface area contributed by atoms with Gasteiger partial charge in [0.2, 0.25) is 0 Å². The third-order valence-corrected chi connectivity index (χ3v) is 7.08. The molecule has 0 spiro atoms. The molecule has 4 heteroatoms. The molecule has 0 atom stereocenters. The molecule has 0 amide bonds. The van der Waals surface area contributed by atoms with Crippen LogP contribution in [-0.2, 0) is 18.2 Å². The Bertz CT molecular complexity index is 847. The lowest BCUT2D eigenvalue weighted by molar-refractivity contribution is 0.611. The molecule has 1 saturated heterocycles. The predicted molar refractivity (Wildman–Crippen MR) is 111 cm³/mol. The van der Waals surface area contributed by atoms with Crippen LogP contribution in [0.5, 0.6) is 0 Å². The number of aromatic nitrogens is 1. The average molecular weight is 462 g/mol. The Morgan fingerprint density at radius 2 is 1.92 bits per heavy atom. The standard InChI is InChI=1S/C21H22Br2N2/c1-13-2-4-17-18(20(13)23)5-3-16-10-14(11-22)12-25-21(16)19(17)15-6-8-24-9-7-15/h2,4,10,12,24H,3,5-9,11H2,1H3. The van der Waals surface area contributed by atoms with Crippen LogP contribution < -0.4 is 5.32 Å². The first-order chi connectivity index (χ1) is 12.2. The highest BCUT2D eigenvalue weighted by molar-refractivity contribution is 9.10. The molecule has 2 aliphatic rings. The number of pyridine rings is 1. The van der Waals surface area contributed by atoms with Crippen LogP contribution in [0.4, 0.5) is 0 Å². The fourth-order valence-corrected chi connectivity index (χ4v) is 4.84. The second kappa shape index (κ2) is 7.34. The van der Waals surface area contributed by atoms with Gasteiger partial charge in [0.1, 0.15) is 0 Å². The summed E-state index contributed by atoms with van der Waals surface area (Å²) in [6.07, 6.45) is 6.37. The lowest BCUT2D eigenvalue weighted by Crippen LogP contribution is -2.24. The summed E-state index contributed by atoms with van der Waals surface area (Å²) in [5, 5.41) is 4.35. The van der Waals surface area contributed by atoms with E-state index in [1.807, 2.05) is 6.20 Å². The number of nitrogens with one attached hydrogen (secondary N) is 1. The lowest BCUT2D eigenvalue weighted by Gasteiger charge is -2.22. The Kier molecular flexibility index (Phi) is 5.12. The van der Waals surface area contributed by atoms with Crippen molar-refractivity contribution in [3.8, 4) is 0 Å². The number of aryl methyl sites for hydroxylation is 2. The smallest absolute Gasteiger partial charge is 0.0739 e. The number of halogens is 2. The first-order valence-electron chi connectivity index (χ1n) is 8.94. The van der Waals surface area contributed by atoms with E-state index in [4.69, 9.17) is 4.98 Å². The second-order valence-electron chi connectivity index (χ2n) is 6.94. The van der Waals surface area contributed by atoms with Gasteiger partial charge >= 0.3 is 0 Å². The highest BCUT2D eigenvalue weighted by Crippen LogP contribution is 2.40. The van der Waals surface area contributed by atoms with Crippen molar-refractivity contribution in [3.63, 3.8) is 0 Å². The van der Waals surface area contributed by atoms with E-state index < -0.39 is 0 Å². The topological polar surface area (TPSA) is 24.9 Å². The first-order valence-corrected chi connectivity index (χ1v) is 10.9. The summed E-state index contributed by atoms with van der Waals surface area (Å²) in [5.74, 6) is 0. The van der Waals surface area contributed by atoms with E-state index in [-0.39, 0.29) is 0 Å². The minimum Gasteiger partial charge on any atom is -0.316 e. The quantitative estimate of drug-likeness (QED) is 0.580. The van der Waals surface area contributed by atoms with Crippen molar-refractivity contribution in [3.05, 3.63) is 68.0 Å². The van der Waals surface area contributed by atoms with E-state index in [0.717, 1.165) is 44.1 Å². The minimum atomic E-state index is 0.860. The summed E-state index contributed by atoms with van der Waals surface area (Å²) in [7, 11) is 0. The number of alkyl halides is 1. The summed E-state index contributed by atoms with van der Waals surface area (Å²) in [6.45, 7) is 4.31. The Morgan fingerprint density at radius 1 is 1.12 bits per heavy atom. The highest BCUT2D eigenvalue weighted by atomic mass is 79.9. The third-order valence-electron chi connectivity index (χ3n) is 5.32. The molecule has 1 N–H and O–H groups in total. The molecule has 2 aromatic rings. The third kappa shape index (κ3) is 3.24. The summed E-state index contributed by atoms with van der Waals surface area (Å²) >= 11 is 7.44. The Balaban J connectivity index is 1.98. The second-order valence-corrected chi connectivity index (χ2v) is 8.29. The molecule has 25 heavy (non-hydrogen) atoms. The zero-order valence-electron chi connectivity index (χ0n) is 14.5. The molecule has 2 nitrogen and oxygen atoms in total. The van der Waals surface area contributed by atoms with Crippen LogP contribution in [-0.4, -0.2) is 18.1 Å². The largest absolute Gasteiger partial charge is 0.316 e. The zero-order chi connectivity index (χ0) is 17.4. The average Bonchev–Trinajstić information content (AvgIpc) is 2.82. The molecule has 130 valence electrons. The zero-order valence-corrected chi connectivity index (χ0v) is 17.6. The first kappa shape index (κ1) is 17.4. The molecular weight excluding hydrogens is 440 g/mol. The van der Waals surface area contributed by atoms with Crippen LogP contribution in [0.2, 0.25) is 0 Å². The number of fused-ring (bicyclic) bond motifs is 2. The van der Waals surface area contributed by atoms with Gasteiger partial charge in [0.25, 0.3) is 0 Å². The van der Waals surface area contributed by atoms with Crippen molar-refractivity contribution in [2.24, 2.45) is 0 Å². The van der Waals surface area contributed by atoms with Crippen LogP contribution in [0.3, 0.4) is 0 Å². The Morgan fingerprint density at radius 3 is 2.68 bits per heavy atom. The van der Waals surface area contributed by atoms with Gasteiger partial charge in [-0.15, -0.1) is 0 Å². The summed E-state index contributed by atoms with van der Waals surface area (Å²) < 4.78 is 1.27.